The summed E-state index contributed by atoms with van der Waals surface area (Å²) in [6.45, 7) is 0.295. The van der Waals surface area contributed by atoms with Crippen LogP contribution in [0.25, 0.3) is 11.3 Å². The fourth-order valence-electron chi connectivity index (χ4n) is 2.68. The van der Waals surface area contributed by atoms with E-state index in [1.165, 1.54) is 4.90 Å². The summed E-state index contributed by atoms with van der Waals surface area (Å²) in [5.74, 6) is 0.662. The van der Waals surface area contributed by atoms with Crippen LogP contribution in [-0.2, 0) is 0 Å². The highest BCUT2D eigenvalue weighted by molar-refractivity contribution is 9.10. The Balaban J connectivity index is 1.71. The third-order valence-electron chi connectivity index (χ3n) is 3.74. The largest absolute Gasteiger partial charge is 0.401 e. The van der Waals surface area contributed by atoms with Crippen LogP contribution in [-0.4, -0.2) is 47.2 Å². The van der Waals surface area contributed by atoms with Gasteiger partial charge in [0, 0.05) is 24.1 Å². The maximum Gasteiger partial charge on any atom is 0.401 e. The van der Waals surface area contributed by atoms with Crippen LogP contribution in [0.4, 0.5) is 13.2 Å². The Labute approximate surface area is 140 Å². The van der Waals surface area contributed by atoms with Crippen molar-refractivity contribution in [2.45, 2.75) is 12.2 Å². The SMILES string of the molecule is FC(F)(F)CN1CCNC(c2ncc(-c3ccc(Br)cc3)[nH]2)C1. The minimum atomic E-state index is -4.17. The van der Waals surface area contributed by atoms with Crippen molar-refractivity contribution in [3.8, 4) is 11.3 Å². The molecule has 1 aliphatic rings. The Bertz CT molecular complexity index is 653. The van der Waals surface area contributed by atoms with Crippen molar-refractivity contribution in [2.24, 2.45) is 0 Å². The molecule has 1 fully saturated rings. The van der Waals surface area contributed by atoms with Crippen molar-refractivity contribution in [3.63, 3.8) is 0 Å². The van der Waals surface area contributed by atoms with E-state index < -0.39 is 12.7 Å². The maximum atomic E-state index is 12.5. The zero-order valence-corrected chi connectivity index (χ0v) is 13.8. The average molecular weight is 389 g/mol. The summed E-state index contributed by atoms with van der Waals surface area (Å²) in [6, 6.07) is 7.53. The van der Waals surface area contributed by atoms with Gasteiger partial charge in [0.1, 0.15) is 5.82 Å². The molecular weight excluding hydrogens is 373 g/mol. The maximum absolute atomic E-state index is 12.5. The van der Waals surface area contributed by atoms with Gasteiger partial charge in [-0.2, -0.15) is 13.2 Å². The van der Waals surface area contributed by atoms with Gasteiger partial charge in [0.05, 0.1) is 24.5 Å². The van der Waals surface area contributed by atoms with E-state index in [1.807, 2.05) is 24.3 Å². The second-order valence-electron chi connectivity index (χ2n) is 5.55. The van der Waals surface area contributed by atoms with Crippen LogP contribution in [0.5, 0.6) is 0 Å². The van der Waals surface area contributed by atoms with Crippen LogP contribution in [0.15, 0.2) is 34.9 Å². The molecule has 1 aromatic heterocycles. The van der Waals surface area contributed by atoms with Gasteiger partial charge in [-0.15, -0.1) is 0 Å². The molecule has 0 amide bonds. The highest BCUT2D eigenvalue weighted by Crippen LogP contribution is 2.24. The molecule has 0 saturated carbocycles. The van der Waals surface area contributed by atoms with Crippen molar-refractivity contribution in [1.82, 2.24) is 20.2 Å². The number of hydrogen-bond donors (Lipinski definition) is 2. The summed E-state index contributed by atoms with van der Waals surface area (Å²) >= 11 is 3.38. The first-order valence-electron chi connectivity index (χ1n) is 7.24. The number of nitrogens with one attached hydrogen (secondary N) is 2. The Kier molecular flexibility index (Phi) is 4.74. The zero-order chi connectivity index (χ0) is 16.4. The Hall–Kier alpha value is -1.38. The molecule has 2 heterocycles. The number of H-pyrrole nitrogens is 1. The minimum absolute atomic E-state index is 0.227. The Morgan fingerprint density at radius 2 is 2.00 bits per heavy atom. The van der Waals surface area contributed by atoms with Gasteiger partial charge in [0.25, 0.3) is 0 Å². The van der Waals surface area contributed by atoms with Crippen LogP contribution < -0.4 is 5.32 Å². The van der Waals surface area contributed by atoms with Crippen molar-refractivity contribution < 1.29 is 13.2 Å². The number of piperazine rings is 1. The van der Waals surface area contributed by atoms with Gasteiger partial charge in [-0.3, -0.25) is 4.90 Å². The lowest BCUT2D eigenvalue weighted by molar-refractivity contribution is -0.148. The second-order valence-corrected chi connectivity index (χ2v) is 6.46. The smallest absolute Gasteiger partial charge is 0.341 e. The number of aromatic amines is 1. The molecule has 0 bridgehead atoms. The second kappa shape index (κ2) is 6.62. The fraction of sp³-hybridized carbons (Fsp3) is 0.400. The summed E-state index contributed by atoms with van der Waals surface area (Å²) in [7, 11) is 0. The van der Waals surface area contributed by atoms with Crippen molar-refractivity contribution in [3.05, 3.63) is 40.8 Å². The third kappa shape index (κ3) is 4.33. The number of nitrogens with zero attached hydrogens (tertiary/aromatic N) is 2. The summed E-state index contributed by atoms with van der Waals surface area (Å²) < 4.78 is 38.6. The highest BCUT2D eigenvalue weighted by atomic mass is 79.9. The van der Waals surface area contributed by atoms with E-state index in [0.29, 0.717) is 18.9 Å². The molecule has 0 radical (unpaired) electrons. The van der Waals surface area contributed by atoms with Crippen LogP contribution in [0.1, 0.15) is 11.9 Å². The lowest BCUT2D eigenvalue weighted by atomic mass is 10.2. The first kappa shape index (κ1) is 16.5. The Morgan fingerprint density at radius 1 is 1.26 bits per heavy atom. The quantitative estimate of drug-likeness (QED) is 0.847. The number of imidazole rings is 1. The first-order chi connectivity index (χ1) is 10.9. The monoisotopic (exact) mass is 388 g/mol. The number of halogens is 4. The number of rotatable bonds is 3. The van der Waals surface area contributed by atoms with Gasteiger partial charge in [-0.25, -0.2) is 4.98 Å². The van der Waals surface area contributed by atoms with Gasteiger partial charge in [0.15, 0.2) is 0 Å². The summed E-state index contributed by atoms with van der Waals surface area (Å²) in [6.07, 6.45) is -2.46. The molecular formula is C15H16BrF3N4. The molecule has 1 saturated heterocycles. The molecule has 0 spiro atoms. The lowest BCUT2D eigenvalue weighted by Crippen LogP contribution is -2.49. The normalized spacial score (nSPS) is 19.9. The van der Waals surface area contributed by atoms with E-state index in [0.717, 1.165) is 15.7 Å². The molecule has 0 aliphatic carbocycles. The molecule has 1 aliphatic heterocycles. The number of hydrogen-bond acceptors (Lipinski definition) is 3. The predicted octanol–water partition coefficient (Wildman–Crippen LogP) is 3.35. The van der Waals surface area contributed by atoms with Gasteiger partial charge >= 0.3 is 6.18 Å². The number of alkyl halides is 3. The summed E-state index contributed by atoms with van der Waals surface area (Å²) in [5.41, 5.74) is 1.83. The standard InChI is InChI=1S/C15H16BrF3N4/c16-11-3-1-10(2-4-11)12-7-21-14(22-12)13-8-23(6-5-20-13)9-15(17,18)19/h1-4,7,13,20H,5-6,8-9H2,(H,21,22). The molecule has 2 aromatic rings. The van der Waals surface area contributed by atoms with Crippen LogP contribution in [0, 0.1) is 0 Å². The third-order valence-corrected chi connectivity index (χ3v) is 4.27. The molecule has 23 heavy (non-hydrogen) atoms. The fourth-order valence-corrected chi connectivity index (χ4v) is 2.95. The molecule has 8 heteroatoms. The molecule has 2 N–H and O–H groups in total. The van der Waals surface area contributed by atoms with E-state index in [2.05, 4.69) is 31.2 Å². The van der Waals surface area contributed by atoms with Gasteiger partial charge < -0.3 is 10.3 Å². The van der Waals surface area contributed by atoms with E-state index >= 15 is 0 Å². The van der Waals surface area contributed by atoms with E-state index in [4.69, 9.17) is 0 Å². The highest BCUT2D eigenvalue weighted by Gasteiger charge is 2.33. The van der Waals surface area contributed by atoms with Gasteiger partial charge in [-0.1, -0.05) is 28.1 Å². The lowest BCUT2D eigenvalue weighted by Gasteiger charge is -2.33. The van der Waals surface area contributed by atoms with E-state index in [1.54, 1.807) is 6.20 Å². The van der Waals surface area contributed by atoms with Gasteiger partial charge in [0.2, 0.25) is 0 Å². The summed E-state index contributed by atoms with van der Waals surface area (Å²) in [5, 5.41) is 3.21. The first-order valence-corrected chi connectivity index (χ1v) is 8.03. The molecule has 124 valence electrons. The van der Waals surface area contributed by atoms with Crippen LogP contribution >= 0.6 is 15.9 Å². The molecule has 1 aromatic carbocycles. The molecule has 1 unspecified atom stereocenters. The Morgan fingerprint density at radius 3 is 2.70 bits per heavy atom. The molecule has 4 nitrogen and oxygen atoms in total. The van der Waals surface area contributed by atoms with Crippen molar-refractivity contribution in [2.75, 3.05) is 26.2 Å². The van der Waals surface area contributed by atoms with Crippen molar-refractivity contribution >= 4 is 15.9 Å². The van der Waals surface area contributed by atoms with E-state index in [-0.39, 0.29) is 12.6 Å². The summed E-state index contributed by atoms with van der Waals surface area (Å²) in [4.78, 5) is 8.94. The number of aromatic nitrogens is 2. The van der Waals surface area contributed by atoms with Crippen LogP contribution in [0.2, 0.25) is 0 Å². The van der Waals surface area contributed by atoms with Crippen LogP contribution in [0.3, 0.4) is 0 Å². The van der Waals surface area contributed by atoms with E-state index in [9.17, 15) is 13.2 Å². The minimum Gasteiger partial charge on any atom is -0.341 e. The zero-order valence-electron chi connectivity index (χ0n) is 12.2. The topological polar surface area (TPSA) is 44.0 Å². The molecule has 1 atom stereocenters. The van der Waals surface area contributed by atoms with Crippen molar-refractivity contribution in [1.29, 1.82) is 0 Å². The molecule has 3 rings (SSSR count). The van der Waals surface area contributed by atoms with Gasteiger partial charge in [-0.05, 0) is 17.7 Å². The average Bonchev–Trinajstić information content (AvgIpc) is 2.96. The number of benzene rings is 1. The predicted molar refractivity (Wildman–Crippen MR) is 85.0 cm³/mol.